The van der Waals surface area contributed by atoms with Gasteiger partial charge >= 0.3 is 0 Å². The van der Waals surface area contributed by atoms with Crippen molar-refractivity contribution in [3.05, 3.63) is 71.2 Å². The summed E-state index contributed by atoms with van der Waals surface area (Å²) in [7, 11) is -3.58. The van der Waals surface area contributed by atoms with Crippen molar-refractivity contribution in [2.75, 3.05) is 10.5 Å². The van der Waals surface area contributed by atoms with E-state index < -0.39 is 21.6 Å². The average molecular weight is 386 g/mol. The number of rotatable bonds is 6. The normalized spacial score (nSPS) is 11.5. The summed E-state index contributed by atoms with van der Waals surface area (Å²) < 4.78 is 40.1. The molecule has 0 spiro atoms. The van der Waals surface area contributed by atoms with Gasteiger partial charge in [0.2, 0.25) is 10.0 Å². The van der Waals surface area contributed by atoms with Crippen LogP contribution in [0.2, 0.25) is 0 Å². The second kappa shape index (κ2) is 7.44. The summed E-state index contributed by atoms with van der Waals surface area (Å²) in [6.45, 7) is 3.64. The number of benzene rings is 2. The Balaban J connectivity index is 1.97. The minimum Gasteiger partial charge on any atom is -0.289 e. The van der Waals surface area contributed by atoms with E-state index in [-0.39, 0.29) is 17.0 Å². The third-order valence-corrected chi connectivity index (χ3v) is 5.48. The first-order valence-corrected chi connectivity index (χ1v) is 10.1. The van der Waals surface area contributed by atoms with Gasteiger partial charge in [-0.05, 0) is 61.4 Å². The molecule has 0 radical (unpaired) electrons. The molecule has 3 aromatic rings. The van der Waals surface area contributed by atoms with E-state index in [4.69, 9.17) is 0 Å². The fourth-order valence-corrected chi connectivity index (χ4v) is 3.94. The van der Waals surface area contributed by atoms with E-state index in [0.717, 1.165) is 28.6 Å². The standard InChI is InChI=1S/C20H19FN2O3S/c1-3-6-27(25,26)23-18-10-16(9-17(21)11-18)20(24)14-4-5-19-15(8-14)7-13(2)12-22-19/h4-5,7-12,23H,3,6H2,1-2H3. The lowest BCUT2D eigenvalue weighted by Gasteiger charge is -2.09. The van der Waals surface area contributed by atoms with Crippen molar-refractivity contribution in [3.8, 4) is 0 Å². The second-order valence-corrected chi connectivity index (χ2v) is 8.24. The Morgan fingerprint density at radius 2 is 1.89 bits per heavy atom. The van der Waals surface area contributed by atoms with Crippen molar-refractivity contribution in [1.82, 2.24) is 4.98 Å². The zero-order chi connectivity index (χ0) is 19.6. The topological polar surface area (TPSA) is 76.1 Å². The monoisotopic (exact) mass is 386 g/mol. The predicted molar refractivity (Wildman–Crippen MR) is 104 cm³/mol. The Morgan fingerprint density at radius 1 is 1.11 bits per heavy atom. The lowest BCUT2D eigenvalue weighted by atomic mass is 10.0. The smallest absolute Gasteiger partial charge is 0.232 e. The minimum atomic E-state index is -3.58. The number of aryl methyl sites for hydroxylation is 1. The molecule has 0 amide bonds. The average Bonchev–Trinajstić information content (AvgIpc) is 2.59. The van der Waals surface area contributed by atoms with Crippen LogP contribution in [0.15, 0.2) is 48.7 Å². The molecule has 2 aromatic carbocycles. The first kappa shape index (κ1) is 19.0. The van der Waals surface area contributed by atoms with Crippen LogP contribution >= 0.6 is 0 Å². The molecule has 5 nitrogen and oxygen atoms in total. The van der Waals surface area contributed by atoms with Gasteiger partial charge in [-0.2, -0.15) is 0 Å². The van der Waals surface area contributed by atoms with Crippen LogP contribution in [0.1, 0.15) is 34.8 Å². The number of ketones is 1. The highest BCUT2D eigenvalue weighted by Crippen LogP contribution is 2.21. The largest absolute Gasteiger partial charge is 0.289 e. The summed E-state index contributed by atoms with van der Waals surface area (Å²) in [5.74, 6) is -1.16. The van der Waals surface area contributed by atoms with Gasteiger partial charge in [0, 0.05) is 22.7 Å². The number of pyridine rings is 1. The first-order valence-electron chi connectivity index (χ1n) is 8.49. The Morgan fingerprint density at radius 3 is 2.63 bits per heavy atom. The molecule has 0 unspecified atom stereocenters. The first-order chi connectivity index (χ1) is 12.8. The molecular weight excluding hydrogens is 367 g/mol. The van der Waals surface area contributed by atoms with Gasteiger partial charge in [-0.3, -0.25) is 14.5 Å². The maximum atomic E-state index is 14.0. The van der Waals surface area contributed by atoms with Gasteiger partial charge < -0.3 is 0 Å². The number of carbonyl (C=O) groups is 1. The van der Waals surface area contributed by atoms with Crippen LogP contribution in [0.4, 0.5) is 10.1 Å². The van der Waals surface area contributed by atoms with E-state index in [2.05, 4.69) is 9.71 Å². The van der Waals surface area contributed by atoms with E-state index >= 15 is 0 Å². The van der Waals surface area contributed by atoms with Gasteiger partial charge in [0.1, 0.15) is 5.82 Å². The minimum absolute atomic E-state index is 0.0325. The van der Waals surface area contributed by atoms with Gasteiger partial charge in [-0.15, -0.1) is 0 Å². The third kappa shape index (κ3) is 4.49. The lowest BCUT2D eigenvalue weighted by Crippen LogP contribution is -2.16. The van der Waals surface area contributed by atoms with E-state index in [1.807, 2.05) is 13.0 Å². The maximum Gasteiger partial charge on any atom is 0.232 e. The fraction of sp³-hybridized carbons (Fsp3) is 0.200. The summed E-state index contributed by atoms with van der Waals surface area (Å²) in [4.78, 5) is 17.1. The van der Waals surface area contributed by atoms with Crippen molar-refractivity contribution in [2.45, 2.75) is 20.3 Å². The Labute approximate surface area is 157 Å². The molecule has 0 aliphatic carbocycles. The van der Waals surface area contributed by atoms with Crippen molar-refractivity contribution < 1.29 is 17.6 Å². The molecule has 1 N–H and O–H groups in total. The number of hydrogen-bond donors (Lipinski definition) is 1. The van der Waals surface area contributed by atoms with Gasteiger partial charge in [-0.25, -0.2) is 12.8 Å². The summed E-state index contributed by atoms with van der Waals surface area (Å²) in [5, 5.41) is 0.807. The summed E-state index contributed by atoms with van der Waals surface area (Å²) in [6.07, 6.45) is 2.17. The van der Waals surface area contributed by atoms with E-state index in [1.54, 1.807) is 31.3 Å². The van der Waals surface area contributed by atoms with Crippen LogP contribution in [0.5, 0.6) is 0 Å². The Bertz CT molecular complexity index is 1130. The van der Waals surface area contributed by atoms with Gasteiger partial charge in [0.15, 0.2) is 5.78 Å². The number of nitrogens with one attached hydrogen (secondary N) is 1. The molecule has 0 fully saturated rings. The van der Waals surface area contributed by atoms with Crippen LogP contribution < -0.4 is 4.72 Å². The molecule has 0 saturated heterocycles. The van der Waals surface area contributed by atoms with Crippen LogP contribution in [0, 0.1) is 12.7 Å². The number of fused-ring (bicyclic) bond motifs is 1. The maximum absolute atomic E-state index is 14.0. The number of halogens is 1. The number of aromatic nitrogens is 1. The van der Waals surface area contributed by atoms with Crippen LogP contribution in [0.25, 0.3) is 10.9 Å². The van der Waals surface area contributed by atoms with Crippen molar-refractivity contribution in [1.29, 1.82) is 0 Å². The van der Waals surface area contributed by atoms with Crippen molar-refractivity contribution in [2.24, 2.45) is 0 Å². The lowest BCUT2D eigenvalue weighted by molar-refractivity contribution is 0.103. The zero-order valence-corrected chi connectivity index (χ0v) is 15.8. The predicted octanol–water partition coefficient (Wildman–Crippen LogP) is 4.07. The molecule has 27 heavy (non-hydrogen) atoms. The molecule has 0 aliphatic rings. The number of hydrogen-bond acceptors (Lipinski definition) is 4. The van der Waals surface area contributed by atoms with E-state index in [0.29, 0.717) is 12.0 Å². The molecule has 0 bridgehead atoms. The molecule has 3 rings (SSSR count). The highest BCUT2D eigenvalue weighted by molar-refractivity contribution is 7.92. The van der Waals surface area contributed by atoms with Gasteiger partial charge in [-0.1, -0.05) is 6.92 Å². The molecule has 0 atom stereocenters. The molecular formula is C20H19FN2O3S. The second-order valence-electron chi connectivity index (χ2n) is 6.40. The van der Waals surface area contributed by atoms with Gasteiger partial charge in [0.25, 0.3) is 0 Å². The van der Waals surface area contributed by atoms with Crippen LogP contribution in [0.3, 0.4) is 0 Å². The van der Waals surface area contributed by atoms with Crippen LogP contribution in [-0.2, 0) is 10.0 Å². The van der Waals surface area contributed by atoms with E-state index in [9.17, 15) is 17.6 Å². The molecule has 7 heteroatoms. The zero-order valence-electron chi connectivity index (χ0n) is 15.0. The van der Waals surface area contributed by atoms with Crippen LogP contribution in [-0.4, -0.2) is 24.9 Å². The Kier molecular flexibility index (Phi) is 5.23. The SMILES string of the molecule is CCCS(=O)(=O)Nc1cc(F)cc(C(=O)c2ccc3ncc(C)cc3c2)c1. The third-order valence-electron chi connectivity index (χ3n) is 3.99. The molecule has 0 saturated carbocycles. The van der Waals surface area contributed by atoms with E-state index in [1.165, 1.54) is 6.07 Å². The summed E-state index contributed by atoms with van der Waals surface area (Å²) >= 11 is 0. The number of nitrogens with zero attached hydrogens (tertiary/aromatic N) is 1. The number of anilines is 1. The highest BCUT2D eigenvalue weighted by Gasteiger charge is 2.15. The van der Waals surface area contributed by atoms with Crippen molar-refractivity contribution >= 4 is 32.4 Å². The summed E-state index contributed by atoms with van der Waals surface area (Å²) in [5.41, 5.74) is 2.20. The summed E-state index contributed by atoms with van der Waals surface area (Å²) in [6, 6.07) is 10.5. The Hall–Kier alpha value is -2.80. The molecule has 1 heterocycles. The van der Waals surface area contributed by atoms with Gasteiger partial charge in [0.05, 0.1) is 17.0 Å². The molecule has 1 aromatic heterocycles. The molecule has 0 aliphatic heterocycles. The number of sulfonamides is 1. The number of carbonyl (C=O) groups excluding carboxylic acids is 1. The van der Waals surface area contributed by atoms with Crippen molar-refractivity contribution in [3.63, 3.8) is 0 Å². The molecule has 140 valence electrons. The highest BCUT2D eigenvalue weighted by atomic mass is 32.2. The fourth-order valence-electron chi connectivity index (χ4n) is 2.83. The quantitative estimate of drug-likeness (QED) is 0.648.